The number of hydrogen-bond acceptors (Lipinski definition) is 5. The maximum absolute atomic E-state index is 12.3. The second-order valence-corrected chi connectivity index (χ2v) is 5.42. The van der Waals surface area contributed by atoms with Crippen LogP contribution in [0.1, 0.15) is 36.7 Å². The Morgan fingerprint density at radius 3 is 2.50 bits per heavy atom. The molecular formula is C16H19ClN2O3. The van der Waals surface area contributed by atoms with Crippen LogP contribution in [-0.2, 0) is 10.7 Å². The predicted molar refractivity (Wildman–Crippen MR) is 85.6 cm³/mol. The zero-order valence-electron chi connectivity index (χ0n) is 12.8. The highest BCUT2D eigenvalue weighted by Crippen LogP contribution is 2.23. The van der Waals surface area contributed by atoms with Crippen LogP contribution in [-0.4, -0.2) is 34.5 Å². The summed E-state index contributed by atoms with van der Waals surface area (Å²) in [5.41, 5.74) is 3.52. The minimum absolute atomic E-state index is 0.182. The van der Waals surface area contributed by atoms with Crippen LogP contribution < -0.4 is 0 Å². The van der Waals surface area contributed by atoms with Crippen LogP contribution in [0.15, 0.2) is 40.7 Å². The zero-order valence-corrected chi connectivity index (χ0v) is 13.6. The first kappa shape index (κ1) is 16.5. The molecule has 5 nitrogen and oxygen atoms in total. The van der Waals surface area contributed by atoms with E-state index < -0.39 is 12.0 Å². The first-order valence-electron chi connectivity index (χ1n) is 6.98. The van der Waals surface area contributed by atoms with Gasteiger partial charge in [-0.1, -0.05) is 12.1 Å². The summed E-state index contributed by atoms with van der Waals surface area (Å²) in [7, 11) is 0. The molecule has 22 heavy (non-hydrogen) atoms. The third-order valence-electron chi connectivity index (χ3n) is 3.66. The molecule has 0 radical (unpaired) electrons. The highest BCUT2D eigenvalue weighted by molar-refractivity contribution is 6.17. The van der Waals surface area contributed by atoms with Gasteiger partial charge in [-0.15, -0.1) is 11.6 Å². The molecule has 0 bridgehead atoms. The number of hydrogen-bond donors (Lipinski definition) is 1. The molecule has 0 saturated carbocycles. The van der Waals surface area contributed by atoms with Crippen LogP contribution >= 0.6 is 11.6 Å². The van der Waals surface area contributed by atoms with E-state index in [9.17, 15) is 9.90 Å². The van der Waals surface area contributed by atoms with E-state index in [2.05, 4.69) is 4.99 Å². The number of hydroxylamine groups is 2. The Hall–Kier alpha value is -1.85. The van der Waals surface area contributed by atoms with Gasteiger partial charge < -0.3 is 9.94 Å². The minimum Gasteiger partial charge on any atom is -0.394 e. The van der Waals surface area contributed by atoms with Gasteiger partial charge in [0.15, 0.2) is 0 Å². The molecule has 0 aliphatic carbocycles. The molecule has 1 aliphatic rings. The Bertz CT molecular complexity index is 623. The van der Waals surface area contributed by atoms with Crippen molar-refractivity contribution in [2.75, 3.05) is 6.61 Å². The van der Waals surface area contributed by atoms with E-state index in [0.29, 0.717) is 22.9 Å². The van der Waals surface area contributed by atoms with Gasteiger partial charge in [-0.25, -0.2) is 4.79 Å². The highest BCUT2D eigenvalue weighted by atomic mass is 35.5. The number of aliphatic hydroxyl groups excluding tert-OH is 1. The highest BCUT2D eigenvalue weighted by Gasteiger charge is 2.29. The van der Waals surface area contributed by atoms with Gasteiger partial charge in [0.2, 0.25) is 0 Å². The van der Waals surface area contributed by atoms with E-state index in [1.807, 2.05) is 6.92 Å². The maximum Gasteiger partial charge on any atom is 0.363 e. The SMILES string of the molecule is CC1=NC(C)=C(C)N(OC(=O)c2ccc(CCl)cc2)C1CO. The number of carbonyl (C=O) groups excluding carboxylic acids is 1. The van der Waals surface area contributed by atoms with Gasteiger partial charge in [-0.3, -0.25) is 4.99 Å². The Kier molecular flexibility index (Phi) is 5.21. The first-order valence-corrected chi connectivity index (χ1v) is 7.51. The van der Waals surface area contributed by atoms with Crippen LogP contribution in [0.3, 0.4) is 0 Å². The van der Waals surface area contributed by atoms with E-state index in [1.54, 1.807) is 38.1 Å². The summed E-state index contributed by atoms with van der Waals surface area (Å²) < 4.78 is 0. The molecule has 1 heterocycles. The number of halogens is 1. The number of rotatable bonds is 4. The summed E-state index contributed by atoms with van der Waals surface area (Å²) in [5.74, 6) is -0.0912. The molecule has 0 spiro atoms. The average molecular weight is 323 g/mol. The van der Waals surface area contributed by atoms with E-state index in [4.69, 9.17) is 16.4 Å². The molecule has 0 fully saturated rings. The largest absolute Gasteiger partial charge is 0.394 e. The molecule has 0 saturated heterocycles. The molecule has 1 atom stereocenters. The molecule has 1 aliphatic heterocycles. The number of allylic oxidation sites excluding steroid dienone is 2. The smallest absolute Gasteiger partial charge is 0.363 e. The van der Waals surface area contributed by atoms with Crippen LogP contribution in [0.4, 0.5) is 0 Å². The molecule has 6 heteroatoms. The Morgan fingerprint density at radius 2 is 1.95 bits per heavy atom. The van der Waals surface area contributed by atoms with Crippen molar-refractivity contribution in [3.05, 3.63) is 46.8 Å². The number of alkyl halides is 1. The standard InChI is InChI=1S/C16H19ClN2O3/c1-10-12(3)19(15(9-20)11(2)18-10)22-16(21)14-6-4-13(8-17)5-7-14/h4-7,15,20H,8-9H2,1-3H3. The van der Waals surface area contributed by atoms with Crippen LogP contribution in [0.25, 0.3) is 0 Å². The molecule has 0 amide bonds. The molecule has 118 valence electrons. The molecular weight excluding hydrogens is 304 g/mol. The second kappa shape index (κ2) is 6.94. The van der Waals surface area contributed by atoms with Crippen molar-refractivity contribution in [1.82, 2.24) is 5.06 Å². The first-order chi connectivity index (χ1) is 10.5. The van der Waals surface area contributed by atoms with Crippen molar-refractivity contribution in [3.8, 4) is 0 Å². The fourth-order valence-corrected chi connectivity index (χ4v) is 2.37. The Morgan fingerprint density at radius 1 is 1.32 bits per heavy atom. The van der Waals surface area contributed by atoms with Crippen molar-refractivity contribution in [2.24, 2.45) is 4.99 Å². The lowest BCUT2D eigenvalue weighted by molar-refractivity contribution is -0.106. The third-order valence-corrected chi connectivity index (χ3v) is 3.97. The summed E-state index contributed by atoms with van der Waals surface area (Å²) in [6.45, 7) is 5.26. The fraction of sp³-hybridized carbons (Fsp3) is 0.375. The van der Waals surface area contributed by atoms with Gasteiger partial charge in [0, 0.05) is 11.6 Å². The summed E-state index contributed by atoms with van der Waals surface area (Å²) in [4.78, 5) is 22.1. The van der Waals surface area contributed by atoms with Crippen molar-refractivity contribution in [1.29, 1.82) is 0 Å². The van der Waals surface area contributed by atoms with Crippen molar-refractivity contribution in [3.63, 3.8) is 0 Å². The normalized spacial score (nSPS) is 18.3. The maximum atomic E-state index is 12.3. The fourth-order valence-electron chi connectivity index (χ4n) is 2.19. The zero-order chi connectivity index (χ0) is 16.3. The summed E-state index contributed by atoms with van der Waals surface area (Å²) in [5, 5.41) is 11.0. The third kappa shape index (κ3) is 3.31. The number of benzene rings is 1. The molecule has 1 N–H and O–H groups in total. The number of nitrogens with zero attached hydrogens (tertiary/aromatic N) is 2. The predicted octanol–water partition coefficient (Wildman–Crippen LogP) is 2.89. The number of aliphatic imine (C=N–C) groups is 1. The quantitative estimate of drug-likeness (QED) is 0.866. The lowest BCUT2D eigenvalue weighted by Gasteiger charge is -2.34. The van der Waals surface area contributed by atoms with E-state index in [0.717, 1.165) is 11.3 Å². The van der Waals surface area contributed by atoms with Crippen molar-refractivity contribution < 1.29 is 14.7 Å². The van der Waals surface area contributed by atoms with Crippen LogP contribution in [0, 0.1) is 0 Å². The van der Waals surface area contributed by atoms with Gasteiger partial charge in [-0.2, -0.15) is 5.06 Å². The Balaban J connectivity index is 2.20. The Labute approximate surface area is 134 Å². The second-order valence-electron chi connectivity index (χ2n) is 5.16. The van der Waals surface area contributed by atoms with Crippen LogP contribution in [0.5, 0.6) is 0 Å². The summed E-state index contributed by atoms with van der Waals surface area (Å²) >= 11 is 5.73. The van der Waals surface area contributed by atoms with E-state index >= 15 is 0 Å². The van der Waals surface area contributed by atoms with Gasteiger partial charge in [0.1, 0.15) is 6.04 Å². The van der Waals surface area contributed by atoms with E-state index in [-0.39, 0.29) is 6.61 Å². The monoisotopic (exact) mass is 322 g/mol. The topological polar surface area (TPSA) is 62.1 Å². The minimum atomic E-state index is -0.485. The summed E-state index contributed by atoms with van der Waals surface area (Å²) in [6.07, 6.45) is 0. The van der Waals surface area contributed by atoms with Crippen molar-refractivity contribution >= 4 is 23.3 Å². The lowest BCUT2D eigenvalue weighted by atomic mass is 10.1. The van der Waals surface area contributed by atoms with Gasteiger partial charge >= 0.3 is 5.97 Å². The average Bonchev–Trinajstić information content (AvgIpc) is 2.52. The molecule has 1 aromatic carbocycles. The van der Waals surface area contributed by atoms with Gasteiger partial charge in [-0.05, 0) is 38.5 Å². The van der Waals surface area contributed by atoms with Gasteiger partial charge in [0.05, 0.1) is 23.6 Å². The molecule has 1 aromatic rings. The number of aliphatic hydroxyl groups is 1. The van der Waals surface area contributed by atoms with Crippen LogP contribution in [0.2, 0.25) is 0 Å². The molecule has 2 rings (SSSR count). The molecule has 0 aromatic heterocycles. The lowest BCUT2D eigenvalue weighted by Crippen LogP contribution is -2.45. The summed E-state index contributed by atoms with van der Waals surface area (Å²) in [6, 6.07) is 6.44. The van der Waals surface area contributed by atoms with Gasteiger partial charge in [0.25, 0.3) is 0 Å². The number of carbonyl (C=O) groups is 1. The molecule has 1 unspecified atom stereocenters. The van der Waals surface area contributed by atoms with Crippen molar-refractivity contribution in [2.45, 2.75) is 32.7 Å². The van der Waals surface area contributed by atoms with E-state index in [1.165, 1.54) is 5.06 Å².